The second-order valence-electron chi connectivity index (χ2n) is 12.7. The fourth-order valence-electron chi connectivity index (χ4n) is 6.87. The van der Waals surface area contributed by atoms with Gasteiger partial charge in [-0.15, -0.1) is 0 Å². The molecule has 2 aromatic carbocycles. The Morgan fingerprint density at radius 3 is 2.28 bits per heavy atom. The van der Waals surface area contributed by atoms with E-state index in [1.807, 2.05) is 19.9 Å². The second-order valence-corrected chi connectivity index (χ2v) is 15.7. The maximum absolute atomic E-state index is 14.6. The van der Waals surface area contributed by atoms with Crippen molar-refractivity contribution in [2.24, 2.45) is 0 Å². The number of carbonyl (C=O) groups is 1. The number of non-ortho nitro benzene ring substituents is 1. The SMILES string of the molecule is Cc1noc(C)c1COc1ccccc1C(=O)NCCCc1cc([N+](=O)[O-])ccc1COP(=O)(C1CCCCC1)C1CCCCC1. The summed E-state index contributed by atoms with van der Waals surface area (Å²) in [7, 11) is -2.91. The van der Waals surface area contributed by atoms with Crippen molar-refractivity contribution in [2.75, 3.05) is 6.54 Å². The molecular weight excluding hydrogens is 605 g/mol. The van der Waals surface area contributed by atoms with E-state index >= 15 is 0 Å². The number of carbonyl (C=O) groups excluding carboxylic acids is 1. The van der Waals surface area contributed by atoms with E-state index in [-0.39, 0.29) is 36.1 Å². The molecular formula is C35H46N3O7P. The van der Waals surface area contributed by atoms with Gasteiger partial charge in [-0.1, -0.05) is 55.8 Å². The molecule has 0 aliphatic heterocycles. The molecule has 10 nitrogen and oxygen atoms in total. The smallest absolute Gasteiger partial charge is 0.269 e. The predicted octanol–water partition coefficient (Wildman–Crippen LogP) is 8.60. The minimum atomic E-state index is -2.91. The van der Waals surface area contributed by atoms with Crippen LogP contribution in [0.3, 0.4) is 0 Å². The van der Waals surface area contributed by atoms with Gasteiger partial charge >= 0.3 is 0 Å². The van der Waals surface area contributed by atoms with Crippen molar-refractivity contribution in [1.29, 1.82) is 0 Å². The molecule has 0 atom stereocenters. The summed E-state index contributed by atoms with van der Waals surface area (Å²) in [6.07, 6.45) is 11.6. The summed E-state index contributed by atoms with van der Waals surface area (Å²) in [5.41, 5.74) is 3.84. The lowest BCUT2D eigenvalue weighted by atomic mass is 10.00. The van der Waals surface area contributed by atoms with E-state index in [1.165, 1.54) is 18.9 Å². The lowest BCUT2D eigenvalue weighted by Crippen LogP contribution is -2.25. The Morgan fingerprint density at radius 2 is 1.65 bits per heavy atom. The fraction of sp³-hybridized carbons (Fsp3) is 0.543. The van der Waals surface area contributed by atoms with Gasteiger partial charge in [-0.05, 0) is 81.7 Å². The van der Waals surface area contributed by atoms with Crippen LogP contribution in [0.2, 0.25) is 0 Å². The van der Waals surface area contributed by atoms with Gasteiger partial charge in [-0.25, -0.2) is 0 Å². The highest BCUT2D eigenvalue weighted by Crippen LogP contribution is 2.64. The van der Waals surface area contributed by atoms with Gasteiger partial charge in [0.1, 0.15) is 18.1 Å². The summed E-state index contributed by atoms with van der Waals surface area (Å²) in [6.45, 7) is 4.45. The highest BCUT2D eigenvalue weighted by atomic mass is 31.2. The maximum Gasteiger partial charge on any atom is 0.269 e. The molecule has 0 spiro atoms. The molecule has 1 N–H and O–H groups in total. The van der Waals surface area contributed by atoms with Crippen molar-refractivity contribution in [2.45, 2.75) is 115 Å². The quantitative estimate of drug-likeness (QED) is 0.0793. The summed E-state index contributed by atoms with van der Waals surface area (Å²) in [5, 5.41) is 18.5. The number of benzene rings is 2. The number of nitrogens with zero attached hydrogens (tertiary/aromatic N) is 2. The lowest BCUT2D eigenvalue weighted by molar-refractivity contribution is -0.384. The number of para-hydroxylation sites is 1. The van der Waals surface area contributed by atoms with Crippen molar-refractivity contribution in [1.82, 2.24) is 10.5 Å². The molecule has 0 saturated heterocycles. The molecule has 2 aliphatic carbocycles. The monoisotopic (exact) mass is 651 g/mol. The first kappa shape index (κ1) is 33.9. The number of amides is 1. The summed E-state index contributed by atoms with van der Waals surface area (Å²) in [6, 6.07) is 11.9. The third-order valence-corrected chi connectivity index (χ3v) is 13.2. The van der Waals surface area contributed by atoms with Crippen molar-refractivity contribution >= 4 is 19.0 Å². The van der Waals surface area contributed by atoms with Crippen molar-refractivity contribution in [3.05, 3.63) is 86.3 Å². The Hall–Kier alpha value is -3.49. The number of hydrogen-bond donors (Lipinski definition) is 1. The van der Waals surface area contributed by atoms with Crippen LogP contribution in [0.15, 0.2) is 47.0 Å². The average Bonchev–Trinajstić information content (AvgIpc) is 3.41. The molecule has 2 aliphatic rings. The van der Waals surface area contributed by atoms with Crippen LogP contribution >= 0.6 is 7.37 Å². The van der Waals surface area contributed by atoms with E-state index in [0.29, 0.717) is 36.5 Å². The van der Waals surface area contributed by atoms with E-state index in [1.54, 1.807) is 30.3 Å². The molecule has 5 rings (SSSR count). The van der Waals surface area contributed by atoms with Gasteiger partial charge in [-0.3, -0.25) is 19.5 Å². The molecule has 1 aromatic heterocycles. The molecule has 2 saturated carbocycles. The molecule has 46 heavy (non-hydrogen) atoms. The van der Waals surface area contributed by atoms with Crippen molar-refractivity contribution < 1.29 is 28.1 Å². The second kappa shape index (κ2) is 15.9. The lowest BCUT2D eigenvalue weighted by Gasteiger charge is -2.37. The molecule has 0 bridgehead atoms. The molecule has 0 radical (unpaired) electrons. The zero-order valence-electron chi connectivity index (χ0n) is 27.0. The fourth-order valence-corrected chi connectivity index (χ4v) is 10.4. The summed E-state index contributed by atoms with van der Waals surface area (Å²) in [4.78, 5) is 24.4. The van der Waals surface area contributed by atoms with Crippen LogP contribution in [0.1, 0.15) is 109 Å². The van der Waals surface area contributed by atoms with Gasteiger partial charge in [0.05, 0.1) is 28.4 Å². The minimum absolute atomic E-state index is 0.00917. The highest BCUT2D eigenvalue weighted by molar-refractivity contribution is 7.60. The number of aryl methyl sites for hydroxylation is 3. The molecule has 2 fully saturated rings. The standard InChI is InChI=1S/C35H46N3O7P/c1-25-33(26(2)45-37-25)24-43-34-18-10-9-17-32(34)35(39)36-21-11-12-27-22-29(38(40)41)20-19-28(27)23-44-46(42,30-13-5-3-6-14-30)31-15-7-4-8-16-31/h9-10,17-20,22,30-31H,3-8,11-16,21,23-24H2,1-2H3,(H,36,39). The summed E-state index contributed by atoms with van der Waals surface area (Å²) in [5.74, 6) is 0.868. The first-order chi connectivity index (χ1) is 22.3. The number of nitro groups is 1. The van der Waals surface area contributed by atoms with Crippen LogP contribution in [-0.2, 0) is 28.7 Å². The van der Waals surface area contributed by atoms with Crippen LogP contribution in [0.5, 0.6) is 5.75 Å². The zero-order valence-corrected chi connectivity index (χ0v) is 27.9. The van der Waals surface area contributed by atoms with Crippen molar-refractivity contribution in [3.63, 3.8) is 0 Å². The Morgan fingerprint density at radius 1 is 0.978 bits per heavy atom. The number of hydrogen-bond acceptors (Lipinski definition) is 8. The van der Waals surface area contributed by atoms with E-state index in [0.717, 1.165) is 73.8 Å². The predicted molar refractivity (Wildman–Crippen MR) is 177 cm³/mol. The van der Waals surface area contributed by atoms with E-state index in [2.05, 4.69) is 10.5 Å². The van der Waals surface area contributed by atoms with E-state index in [4.69, 9.17) is 13.8 Å². The number of aromatic nitrogens is 1. The van der Waals surface area contributed by atoms with Crippen LogP contribution in [-0.4, -0.2) is 33.8 Å². The normalized spacial score (nSPS) is 16.3. The first-order valence-corrected chi connectivity index (χ1v) is 18.4. The average molecular weight is 652 g/mol. The molecule has 1 amide bonds. The minimum Gasteiger partial charge on any atom is -0.488 e. The first-order valence-electron chi connectivity index (χ1n) is 16.7. The van der Waals surface area contributed by atoms with Gasteiger partial charge in [0.25, 0.3) is 11.6 Å². The topological polar surface area (TPSA) is 134 Å². The molecule has 0 unspecified atom stereocenters. The van der Waals surface area contributed by atoms with Crippen LogP contribution in [0, 0.1) is 24.0 Å². The van der Waals surface area contributed by atoms with Crippen molar-refractivity contribution in [3.8, 4) is 5.75 Å². The maximum atomic E-state index is 14.6. The molecule has 1 heterocycles. The number of ether oxygens (including phenoxy) is 1. The Bertz CT molecular complexity index is 1500. The third-order valence-electron chi connectivity index (χ3n) is 9.58. The third kappa shape index (κ3) is 8.26. The van der Waals surface area contributed by atoms with Gasteiger partial charge in [-0.2, -0.15) is 0 Å². The van der Waals surface area contributed by atoms with Gasteiger partial charge in [0, 0.05) is 30.0 Å². The van der Waals surface area contributed by atoms with Crippen LogP contribution in [0.4, 0.5) is 5.69 Å². The summed E-state index contributed by atoms with van der Waals surface area (Å²) >= 11 is 0. The van der Waals surface area contributed by atoms with E-state index < -0.39 is 12.3 Å². The Labute approximate surface area is 271 Å². The summed E-state index contributed by atoms with van der Waals surface area (Å²) < 4.78 is 32.3. The van der Waals surface area contributed by atoms with Gasteiger partial charge in [0.2, 0.25) is 7.37 Å². The molecule has 3 aromatic rings. The largest absolute Gasteiger partial charge is 0.488 e. The van der Waals surface area contributed by atoms with Gasteiger partial charge in [0.15, 0.2) is 0 Å². The number of rotatable bonds is 14. The number of nitro benzene ring substituents is 1. The van der Waals surface area contributed by atoms with Crippen LogP contribution < -0.4 is 10.1 Å². The van der Waals surface area contributed by atoms with Gasteiger partial charge < -0.3 is 19.1 Å². The highest BCUT2D eigenvalue weighted by Gasteiger charge is 2.42. The van der Waals surface area contributed by atoms with E-state index in [9.17, 15) is 19.5 Å². The number of nitrogens with one attached hydrogen (secondary N) is 1. The molecule has 248 valence electrons. The Kier molecular flexibility index (Phi) is 11.7. The zero-order chi connectivity index (χ0) is 32.5. The van der Waals surface area contributed by atoms with Crippen LogP contribution in [0.25, 0.3) is 0 Å². The Balaban J connectivity index is 1.22. The molecule has 11 heteroatoms.